The van der Waals surface area contributed by atoms with Gasteiger partial charge in [0.15, 0.2) is 22.2 Å². The van der Waals surface area contributed by atoms with E-state index in [1.807, 2.05) is 0 Å². The largest absolute Gasteiger partial charge is 0.467 e. The molecule has 0 aromatic heterocycles. The lowest BCUT2D eigenvalue weighted by molar-refractivity contribution is -0.170. The molecule has 0 aromatic carbocycles. The Morgan fingerprint density at radius 1 is 0.964 bits per heavy atom. The van der Waals surface area contributed by atoms with E-state index in [2.05, 4.69) is 74.3 Å². The van der Waals surface area contributed by atoms with E-state index in [1.54, 1.807) is 0 Å². The lowest BCUT2D eigenvalue weighted by Gasteiger charge is -2.48. The summed E-state index contributed by atoms with van der Waals surface area (Å²) in [7, 11) is -2.97. The molecule has 5 nitrogen and oxygen atoms in total. The number of ether oxygens (including phenoxy) is 1. The fourth-order valence-electron chi connectivity index (χ4n) is 2.82. The first-order valence-electron chi connectivity index (χ1n) is 10.1. The summed E-state index contributed by atoms with van der Waals surface area (Å²) in [5.41, 5.74) is -0.807. The smallest absolute Gasteiger partial charge is 0.338 e. The molecule has 0 radical (unpaired) electrons. The summed E-state index contributed by atoms with van der Waals surface area (Å²) in [6.07, 6.45) is -0.563. The summed E-state index contributed by atoms with van der Waals surface area (Å²) in [6, 6.07) is 0. The van der Waals surface area contributed by atoms with Crippen LogP contribution in [0.5, 0.6) is 0 Å². The van der Waals surface area contributed by atoms with E-state index in [0.29, 0.717) is 0 Å². The fourth-order valence-corrected chi connectivity index (χ4v) is 5.42. The molecule has 0 saturated heterocycles. The zero-order valence-electron chi connectivity index (χ0n) is 19.9. The lowest BCUT2D eigenvalue weighted by atomic mass is 9.79. The molecule has 1 rings (SSSR count). The van der Waals surface area contributed by atoms with Crippen LogP contribution in [0.4, 0.5) is 0 Å². The van der Waals surface area contributed by atoms with Crippen molar-refractivity contribution >= 4 is 22.6 Å². The number of carbonyl (C=O) groups excluding carboxylic acids is 1. The number of methoxy groups -OCH3 is 1. The third-order valence-corrected chi connectivity index (χ3v) is 15.9. The van der Waals surface area contributed by atoms with Crippen molar-refractivity contribution in [2.24, 2.45) is 0 Å². The second kappa shape index (κ2) is 7.98. The van der Waals surface area contributed by atoms with Crippen molar-refractivity contribution in [2.75, 3.05) is 7.11 Å². The zero-order chi connectivity index (χ0) is 22.3. The van der Waals surface area contributed by atoms with Gasteiger partial charge in [0.25, 0.3) is 0 Å². The van der Waals surface area contributed by atoms with Crippen molar-refractivity contribution in [3.05, 3.63) is 12.2 Å². The third kappa shape index (κ3) is 5.36. The van der Waals surface area contributed by atoms with Gasteiger partial charge in [-0.1, -0.05) is 48.1 Å². The minimum atomic E-state index is -2.13. The minimum absolute atomic E-state index is 0.00386. The highest BCUT2D eigenvalue weighted by atomic mass is 28.4. The Balaban J connectivity index is 3.27. The van der Waals surface area contributed by atoms with E-state index in [-0.39, 0.29) is 22.9 Å². The van der Waals surface area contributed by atoms with Crippen molar-refractivity contribution in [2.45, 2.75) is 108 Å². The number of aliphatic hydroxyl groups is 1. The van der Waals surface area contributed by atoms with Crippen LogP contribution in [0.2, 0.25) is 36.3 Å². The second-order valence-electron chi connectivity index (χ2n) is 11.2. The van der Waals surface area contributed by atoms with Crippen LogP contribution in [0.15, 0.2) is 12.2 Å². The summed E-state index contributed by atoms with van der Waals surface area (Å²) < 4.78 is 18.1. The standard InChI is InChI=1S/C21H42O5Si2/c1-15-16(25-27(9,10)19(2,3)4)13-21(23,18(22)24-8)14-17(15)26-28(11,12)20(5,6)7/h16-17,23H,1,13-14H2,2-12H3/t16-,17-/m1/s1. The van der Waals surface area contributed by atoms with E-state index >= 15 is 0 Å². The van der Waals surface area contributed by atoms with Crippen molar-refractivity contribution in [1.82, 2.24) is 0 Å². The maximum Gasteiger partial charge on any atom is 0.338 e. The van der Waals surface area contributed by atoms with Gasteiger partial charge in [-0.15, -0.1) is 0 Å². The van der Waals surface area contributed by atoms with Crippen LogP contribution in [-0.2, 0) is 18.4 Å². The quantitative estimate of drug-likeness (QED) is 0.377. The molecule has 164 valence electrons. The number of hydrogen-bond acceptors (Lipinski definition) is 5. The Morgan fingerprint density at radius 3 is 1.54 bits per heavy atom. The number of hydrogen-bond donors (Lipinski definition) is 1. The summed E-state index contributed by atoms with van der Waals surface area (Å²) >= 11 is 0. The number of rotatable bonds is 5. The molecule has 1 N–H and O–H groups in total. The van der Waals surface area contributed by atoms with E-state index in [9.17, 15) is 9.90 Å². The monoisotopic (exact) mass is 430 g/mol. The van der Waals surface area contributed by atoms with Crippen molar-refractivity contribution in [3.8, 4) is 0 Å². The molecule has 0 amide bonds. The maximum atomic E-state index is 12.4. The Morgan fingerprint density at radius 2 is 1.29 bits per heavy atom. The summed E-state index contributed by atoms with van der Waals surface area (Å²) in [5.74, 6) is -0.632. The predicted octanol–water partition coefficient (Wildman–Crippen LogP) is 5.02. The van der Waals surface area contributed by atoms with Gasteiger partial charge in [-0.05, 0) is 41.8 Å². The van der Waals surface area contributed by atoms with Crippen LogP contribution in [0.25, 0.3) is 0 Å². The zero-order valence-corrected chi connectivity index (χ0v) is 21.9. The lowest BCUT2D eigenvalue weighted by Crippen LogP contribution is -2.57. The molecule has 1 fully saturated rings. The average molecular weight is 431 g/mol. The Kier molecular flexibility index (Phi) is 7.29. The first-order chi connectivity index (χ1) is 12.3. The highest BCUT2D eigenvalue weighted by Crippen LogP contribution is 2.45. The van der Waals surface area contributed by atoms with Gasteiger partial charge in [0.05, 0.1) is 19.3 Å². The Labute approximate surface area is 174 Å². The van der Waals surface area contributed by atoms with Crippen LogP contribution in [0, 0.1) is 0 Å². The molecular weight excluding hydrogens is 388 g/mol. The van der Waals surface area contributed by atoms with Gasteiger partial charge in [0.1, 0.15) is 0 Å². The predicted molar refractivity (Wildman–Crippen MR) is 119 cm³/mol. The first kappa shape index (κ1) is 25.6. The molecule has 2 atom stereocenters. The van der Waals surface area contributed by atoms with E-state index in [0.717, 1.165) is 5.57 Å². The maximum absolute atomic E-state index is 12.4. The van der Waals surface area contributed by atoms with Gasteiger partial charge in [-0.3, -0.25) is 0 Å². The minimum Gasteiger partial charge on any atom is -0.467 e. The van der Waals surface area contributed by atoms with E-state index in [1.165, 1.54) is 7.11 Å². The molecule has 28 heavy (non-hydrogen) atoms. The topological polar surface area (TPSA) is 65.0 Å². The number of carbonyl (C=O) groups is 1. The molecule has 0 bridgehead atoms. The highest BCUT2D eigenvalue weighted by Gasteiger charge is 2.52. The van der Waals surface area contributed by atoms with Crippen LogP contribution in [-0.4, -0.2) is 52.6 Å². The molecule has 0 spiro atoms. The molecule has 0 aliphatic heterocycles. The van der Waals surface area contributed by atoms with Crippen molar-refractivity contribution in [1.29, 1.82) is 0 Å². The normalized spacial score (nSPS) is 27.6. The van der Waals surface area contributed by atoms with Gasteiger partial charge in [0, 0.05) is 12.8 Å². The molecule has 7 heteroatoms. The van der Waals surface area contributed by atoms with Gasteiger partial charge in [0.2, 0.25) is 0 Å². The Bertz CT molecular complexity index is 559. The molecular formula is C21H42O5Si2. The van der Waals surface area contributed by atoms with Crippen LogP contribution < -0.4 is 0 Å². The SMILES string of the molecule is C=C1[C@H](O[Si](C)(C)C(C)(C)C)CC(O)(C(=O)OC)C[C@H]1O[Si](C)(C)C(C)(C)C. The number of esters is 1. The van der Waals surface area contributed by atoms with Gasteiger partial charge in [-0.2, -0.15) is 0 Å². The highest BCUT2D eigenvalue weighted by molar-refractivity contribution is 6.74. The summed E-state index contributed by atoms with van der Waals surface area (Å²) in [5, 5.41) is 11.2. The summed E-state index contributed by atoms with van der Waals surface area (Å²) in [6.45, 7) is 25.9. The van der Waals surface area contributed by atoms with Crippen LogP contribution in [0.1, 0.15) is 54.4 Å². The van der Waals surface area contributed by atoms with E-state index < -0.39 is 40.4 Å². The average Bonchev–Trinajstić information content (AvgIpc) is 2.48. The molecule has 1 aliphatic rings. The van der Waals surface area contributed by atoms with Crippen molar-refractivity contribution < 1.29 is 23.5 Å². The van der Waals surface area contributed by atoms with Gasteiger partial charge >= 0.3 is 5.97 Å². The van der Waals surface area contributed by atoms with Crippen molar-refractivity contribution in [3.63, 3.8) is 0 Å². The molecule has 0 aromatic rings. The van der Waals surface area contributed by atoms with Gasteiger partial charge < -0.3 is 18.7 Å². The fraction of sp³-hybridized carbons (Fsp3) is 0.857. The molecule has 0 unspecified atom stereocenters. The van der Waals surface area contributed by atoms with E-state index in [4.69, 9.17) is 13.6 Å². The van der Waals surface area contributed by atoms with Gasteiger partial charge in [-0.25, -0.2) is 4.79 Å². The van der Waals surface area contributed by atoms with Crippen LogP contribution >= 0.6 is 0 Å². The third-order valence-electron chi connectivity index (χ3n) is 6.92. The second-order valence-corrected chi connectivity index (χ2v) is 20.8. The molecule has 0 heterocycles. The molecule has 1 aliphatic carbocycles. The molecule has 1 saturated carbocycles. The Hall–Kier alpha value is -0.476. The van der Waals surface area contributed by atoms with Crippen LogP contribution in [0.3, 0.4) is 0 Å². The first-order valence-corrected chi connectivity index (χ1v) is 15.9. The summed E-state index contributed by atoms with van der Waals surface area (Å²) in [4.78, 5) is 12.4.